The number of hydrogen-bond acceptors (Lipinski definition) is 1. The summed E-state index contributed by atoms with van der Waals surface area (Å²) in [7, 11) is 1.73. The maximum atomic E-state index is 5.00. The van der Waals surface area contributed by atoms with Crippen molar-refractivity contribution < 1.29 is 4.74 Å². The zero-order chi connectivity index (χ0) is 8.91. The zero-order valence-corrected chi connectivity index (χ0v) is 8.40. The fraction of sp³-hybridized carbons (Fsp3) is 0.800. The highest BCUT2D eigenvalue weighted by Crippen LogP contribution is 2.19. The molecule has 0 amide bonds. The molecule has 0 spiro atoms. The van der Waals surface area contributed by atoms with E-state index in [4.69, 9.17) is 4.74 Å². The van der Waals surface area contributed by atoms with Crippen LogP contribution < -0.4 is 0 Å². The van der Waals surface area contributed by atoms with Crippen LogP contribution in [0.2, 0.25) is 0 Å². The van der Waals surface area contributed by atoms with Gasteiger partial charge in [0.1, 0.15) is 0 Å². The van der Waals surface area contributed by atoms with Crippen LogP contribution in [0.25, 0.3) is 0 Å². The van der Waals surface area contributed by atoms with Crippen molar-refractivity contribution in [3.8, 4) is 0 Å². The molecule has 0 aromatic carbocycles. The Bertz CT molecular complexity index is 128. The van der Waals surface area contributed by atoms with E-state index < -0.39 is 0 Å². The molecule has 0 heterocycles. The van der Waals surface area contributed by atoms with Crippen LogP contribution in [0.1, 0.15) is 34.1 Å². The lowest BCUT2D eigenvalue weighted by Crippen LogP contribution is -2.03. The van der Waals surface area contributed by atoms with Crippen molar-refractivity contribution in [2.45, 2.75) is 34.1 Å². The van der Waals surface area contributed by atoms with Crippen molar-refractivity contribution in [2.75, 3.05) is 13.7 Å². The summed E-state index contributed by atoms with van der Waals surface area (Å²) in [5.74, 6) is 0. The van der Waals surface area contributed by atoms with Gasteiger partial charge >= 0.3 is 0 Å². The van der Waals surface area contributed by atoms with Gasteiger partial charge in [0.25, 0.3) is 0 Å². The van der Waals surface area contributed by atoms with Crippen molar-refractivity contribution in [2.24, 2.45) is 5.41 Å². The molecule has 0 rings (SSSR count). The molecule has 0 unspecified atom stereocenters. The molecule has 0 atom stereocenters. The van der Waals surface area contributed by atoms with Crippen molar-refractivity contribution in [1.29, 1.82) is 0 Å². The van der Waals surface area contributed by atoms with Gasteiger partial charge in [0, 0.05) is 7.11 Å². The standard InChI is InChI=1S/C10H20O/c1-9(8-11-5)6-7-10(2,3)4/h6H,7-8H2,1-5H3. The highest BCUT2D eigenvalue weighted by atomic mass is 16.5. The number of rotatable bonds is 3. The smallest absolute Gasteiger partial charge is 0.0670 e. The van der Waals surface area contributed by atoms with Crippen LogP contribution in [-0.2, 0) is 4.74 Å². The van der Waals surface area contributed by atoms with Gasteiger partial charge in [-0.1, -0.05) is 32.4 Å². The molecule has 0 N–H and O–H groups in total. The van der Waals surface area contributed by atoms with Gasteiger partial charge in [-0.15, -0.1) is 0 Å². The SMILES string of the molecule is COCC(C)=CCC(C)(C)C. The molecule has 0 aliphatic carbocycles. The summed E-state index contributed by atoms with van der Waals surface area (Å²) in [6.45, 7) is 9.59. The molecule has 1 heteroatoms. The summed E-state index contributed by atoms with van der Waals surface area (Å²) in [5.41, 5.74) is 1.72. The summed E-state index contributed by atoms with van der Waals surface area (Å²) in [5, 5.41) is 0. The van der Waals surface area contributed by atoms with Crippen LogP contribution in [0.3, 0.4) is 0 Å². The van der Waals surface area contributed by atoms with E-state index in [0.29, 0.717) is 5.41 Å². The highest BCUT2D eigenvalue weighted by molar-refractivity contribution is 4.99. The summed E-state index contributed by atoms with van der Waals surface area (Å²) < 4.78 is 5.00. The summed E-state index contributed by atoms with van der Waals surface area (Å²) in [4.78, 5) is 0. The maximum Gasteiger partial charge on any atom is 0.0670 e. The topological polar surface area (TPSA) is 9.23 Å². The first-order valence-corrected chi connectivity index (χ1v) is 4.10. The van der Waals surface area contributed by atoms with Crippen LogP contribution >= 0.6 is 0 Å². The molecule has 0 fully saturated rings. The third-order valence-electron chi connectivity index (χ3n) is 1.43. The quantitative estimate of drug-likeness (QED) is 0.571. The number of ether oxygens (including phenoxy) is 1. The largest absolute Gasteiger partial charge is 0.380 e. The van der Waals surface area contributed by atoms with Crippen molar-refractivity contribution in [1.82, 2.24) is 0 Å². The van der Waals surface area contributed by atoms with Gasteiger partial charge in [-0.3, -0.25) is 0 Å². The van der Waals surface area contributed by atoms with E-state index >= 15 is 0 Å². The van der Waals surface area contributed by atoms with Gasteiger partial charge in [0.15, 0.2) is 0 Å². The molecule has 0 radical (unpaired) electrons. The average molecular weight is 156 g/mol. The molecule has 66 valence electrons. The predicted octanol–water partition coefficient (Wildman–Crippen LogP) is 3.02. The van der Waals surface area contributed by atoms with E-state index in [1.807, 2.05) is 0 Å². The third kappa shape index (κ3) is 7.60. The normalized spacial score (nSPS) is 13.7. The molecule has 0 aromatic heterocycles. The van der Waals surface area contributed by atoms with E-state index in [9.17, 15) is 0 Å². The van der Waals surface area contributed by atoms with Gasteiger partial charge < -0.3 is 4.74 Å². The molecule has 0 saturated heterocycles. The highest BCUT2D eigenvalue weighted by Gasteiger charge is 2.06. The molecule has 1 nitrogen and oxygen atoms in total. The Morgan fingerprint density at radius 1 is 1.36 bits per heavy atom. The van der Waals surface area contributed by atoms with Crippen LogP contribution in [0.4, 0.5) is 0 Å². The lowest BCUT2D eigenvalue weighted by molar-refractivity contribution is 0.225. The molecule has 11 heavy (non-hydrogen) atoms. The minimum absolute atomic E-state index is 0.398. The van der Waals surface area contributed by atoms with Gasteiger partial charge in [0.05, 0.1) is 6.61 Å². The maximum absolute atomic E-state index is 5.00. The first-order chi connectivity index (χ1) is 4.95. The second-order valence-corrected chi connectivity index (χ2v) is 4.25. The molecule has 0 aromatic rings. The van der Waals surface area contributed by atoms with E-state index in [0.717, 1.165) is 13.0 Å². The fourth-order valence-corrected chi connectivity index (χ4v) is 0.767. The second-order valence-electron chi connectivity index (χ2n) is 4.25. The van der Waals surface area contributed by atoms with Gasteiger partial charge in [-0.25, -0.2) is 0 Å². The first kappa shape index (κ1) is 10.7. The van der Waals surface area contributed by atoms with E-state index in [1.165, 1.54) is 5.57 Å². The van der Waals surface area contributed by atoms with Crippen molar-refractivity contribution in [3.63, 3.8) is 0 Å². The minimum atomic E-state index is 0.398. The van der Waals surface area contributed by atoms with E-state index in [-0.39, 0.29) is 0 Å². The molecule has 0 saturated carbocycles. The summed E-state index contributed by atoms with van der Waals surface area (Å²) in [6.07, 6.45) is 3.38. The lowest BCUT2D eigenvalue weighted by Gasteiger charge is -2.15. The first-order valence-electron chi connectivity index (χ1n) is 4.10. The molecular formula is C10H20O. The van der Waals surface area contributed by atoms with Crippen LogP contribution in [0.5, 0.6) is 0 Å². The Hall–Kier alpha value is -0.300. The zero-order valence-electron chi connectivity index (χ0n) is 8.40. The number of hydrogen-bond donors (Lipinski definition) is 0. The Morgan fingerprint density at radius 2 is 1.91 bits per heavy atom. The van der Waals surface area contributed by atoms with Gasteiger partial charge in [0.2, 0.25) is 0 Å². The van der Waals surface area contributed by atoms with Gasteiger partial charge in [-0.05, 0) is 18.8 Å². The third-order valence-corrected chi connectivity index (χ3v) is 1.43. The molecular weight excluding hydrogens is 136 g/mol. The Kier molecular flexibility index (Phi) is 4.43. The molecule has 0 aliphatic rings. The minimum Gasteiger partial charge on any atom is -0.380 e. The fourth-order valence-electron chi connectivity index (χ4n) is 0.767. The average Bonchev–Trinajstić information content (AvgIpc) is 1.83. The molecule has 0 aliphatic heterocycles. The number of allylic oxidation sites excluding steroid dienone is 1. The van der Waals surface area contributed by atoms with Gasteiger partial charge in [-0.2, -0.15) is 0 Å². The van der Waals surface area contributed by atoms with Crippen LogP contribution in [0.15, 0.2) is 11.6 Å². The summed E-state index contributed by atoms with van der Waals surface area (Å²) >= 11 is 0. The van der Waals surface area contributed by atoms with Crippen molar-refractivity contribution in [3.05, 3.63) is 11.6 Å². The van der Waals surface area contributed by atoms with Crippen molar-refractivity contribution >= 4 is 0 Å². The molecule has 0 bridgehead atoms. The Morgan fingerprint density at radius 3 is 2.27 bits per heavy atom. The van der Waals surface area contributed by atoms with E-state index in [1.54, 1.807) is 7.11 Å². The monoisotopic (exact) mass is 156 g/mol. The Balaban J connectivity index is 3.73. The van der Waals surface area contributed by atoms with Crippen LogP contribution in [-0.4, -0.2) is 13.7 Å². The lowest BCUT2D eigenvalue weighted by atomic mass is 9.91. The summed E-state index contributed by atoms with van der Waals surface area (Å²) in [6, 6.07) is 0. The predicted molar refractivity (Wildman–Crippen MR) is 49.7 cm³/mol. The second kappa shape index (κ2) is 4.55. The number of methoxy groups -OCH3 is 1. The van der Waals surface area contributed by atoms with Crippen LogP contribution in [0, 0.1) is 5.41 Å². The van der Waals surface area contributed by atoms with E-state index in [2.05, 4.69) is 33.8 Å². The Labute approximate surface area is 70.4 Å².